The fourth-order valence-corrected chi connectivity index (χ4v) is 10.7. The molecule has 5 rings (SSSR count). The molecule has 4 aliphatic heterocycles. The number of hydrogen-bond donors (Lipinski definition) is 5. The summed E-state index contributed by atoms with van der Waals surface area (Å²) in [5.74, 6) is -9.83. The lowest BCUT2D eigenvalue weighted by Gasteiger charge is -2.36. The Hall–Kier alpha value is -6.16. The summed E-state index contributed by atoms with van der Waals surface area (Å²) < 4.78 is 17.2. The number of esters is 2. The Bertz CT molecular complexity index is 2310. The average molecular weight is 1080 g/mol. The summed E-state index contributed by atoms with van der Waals surface area (Å²) in [5, 5.41) is 30.1. The van der Waals surface area contributed by atoms with Crippen LogP contribution in [-0.4, -0.2) is 189 Å². The van der Waals surface area contributed by atoms with Gasteiger partial charge in [-0.2, -0.15) is 0 Å². The Labute approximate surface area is 452 Å². The van der Waals surface area contributed by atoms with E-state index in [1.807, 2.05) is 13.8 Å². The predicted octanol–water partition coefficient (Wildman–Crippen LogP) is 1.43. The highest BCUT2D eigenvalue weighted by atomic mass is 16.6. The molecule has 13 atom stereocenters. The van der Waals surface area contributed by atoms with Crippen molar-refractivity contribution >= 4 is 59.1 Å². The van der Waals surface area contributed by atoms with E-state index in [0.29, 0.717) is 43.4 Å². The summed E-state index contributed by atoms with van der Waals surface area (Å²) in [6.45, 7) is 15.0. The molecule has 0 saturated carbocycles. The molecular formula is C55H83N7O15. The van der Waals surface area contributed by atoms with Gasteiger partial charge in [0.2, 0.25) is 35.4 Å². The van der Waals surface area contributed by atoms with Crippen LogP contribution in [0.3, 0.4) is 0 Å². The van der Waals surface area contributed by atoms with Gasteiger partial charge in [-0.3, -0.25) is 43.2 Å². The second-order valence-electron chi connectivity index (χ2n) is 22.1. The number of cyclic esters (lactones) is 2. The quantitative estimate of drug-likeness (QED) is 0.146. The first kappa shape index (κ1) is 61.7. The molecule has 0 unspecified atom stereocenters. The van der Waals surface area contributed by atoms with E-state index >= 15 is 0 Å². The smallest absolute Gasteiger partial charge is 0.329 e. The molecule has 22 heteroatoms. The molecule has 77 heavy (non-hydrogen) atoms. The lowest BCUT2D eigenvalue weighted by molar-refractivity contribution is -0.163. The maximum absolute atomic E-state index is 14.9. The van der Waals surface area contributed by atoms with Gasteiger partial charge in [-0.1, -0.05) is 60.1 Å². The van der Waals surface area contributed by atoms with Crippen molar-refractivity contribution in [1.29, 1.82) is 0 Å². The van der Waals surface area contributed by atoms with Gasteiger partial charge in [-0.25, -0.2) is 4.79 Å². The van der Waals surface area contributed by atoms with E-state index in [2.05, 4.69) is 16.0 Å². The van der Waals surface area contributed by atoms with Crippen molar-refractivity contribution in [1.82, 2.24) is 35.6 Å². The largest absolute Gasteiger partial charge is 0.497 e. The number of carbonyl (C=O) groups excluding carboxylic acids is 10. The van der Waals surface area contributed by atoms with E-state index < -0.39 is 150 Å². The third-order valence-electron chi connectivity index (χ3n) is 15.5. The number of nitrogens with one attached hydrogen (secondary N) is 3. The van der Waals surface area contributed by atoms with Crippen LogP contribution in [-0.2, 0) is 63.8 Å². The minimum atomic E-state index is -1.73. The second kappa shape index (κ2) is 27.4. The van der Waals surface area contributed by atoms with E-state index in [0.717, 1.165) is 0 Å². The van der Waals surface area contributed by atoms with E-state index in [9.17, 15) is 58.2 Å². The van der Waals surface area contributed by atoms with Crippen molar-refractivity contribution in [2.24, 2.45) is 23.7 Å². The van der Waals surface area contributed by atoms with Crippen LogP contribution in [0.1, 0.15) is 126 Å². The van der Waals surface area contributed by atoms with Gasteiger partial charge < -0.3 is 60.0 Å². The zero-order valence-corrected chi connectivity index (χ0v) is 46.7. The summed E-state index contributed by atoms with van der Waals surface area (Å²) in [4.78, 5) is 148. The van der Waals surface area contributed by atoms with Crippen molar-refractivity contribution < 1.29 is 72.4 Å². The van der Waals surface area contributed by atoms with Crippen molar-refractivity contribution in [2.45, 2.75) is 193 Å². The minimum Gasteiger partial charge on any atom is -0.497 e. The van der Waals surface area contributed by atoms with E-state index in [4.69, 9.17) is 14.2 Å². The van der Waals surface area contributed by atoms with Gasteiger partial charge in [0.05, 0.1) is 31.6 Å². The molecule has 1 aromatic rings. The molecular weight excluding hydrogens is 999 g/mol. The van der Waals surface area contributed by atoms with Crippen LogP contribution in [0.4, 0.5) is 0 Å². The van der Waals surface area contributed by atoms with Crippen LogP contribution in [0, 0.1) is 23.7 Å². The molecule has 0 bridgehead atoms. The SMILES string of the molecule is CC[C@H](C)[C@H]1NC(=O)[C@H](NC(=O)[C@H]2CCCN2C(=O)[C@H]2CCCN2C(=O)[C@H](C)O)[C@@H](C)OC(=O)[C@H](Cc2ccc(OC)cc2)N(C)C(=O)[C@@H]2CCCN2C(=O)[C@H](CC(C)C)NC(=O)[C@@H](C)C(=O)[C@H](C(C)C)OC(=O)C[C@@H]1O. The van der Waals surface area contributed by atoms with Gasteiger partial charge in [0.1, 0.15) is 54.2 Å². The lowest BCUT2D eigenvalue weighted by Crippen LogP contribution is -2.61. The maximum Gasteiger partial charge on any atom is 0.329 e. The van der Waals surface area contributed by atoms with Gasteiger partial charge in [0, 0.05) is 33.1 Å². The van der Waals surface area contributed by atoms with Crippen molar-refractivity contribution in [3.8, 4) is 5.75 Å². The monoisotopic (exact) mass is 1080 g/mol. The molecule has 4 heterocycles. The van der Waals surface area contributed by atoms with E-state index in [1.165, 1.54) is 54.5 Å². The third-order valence-corrected chi connectivity index (χ3v) is 15.5. The molecule has 0 radical (unpaired) electrons. The number of benzene rings is 1. The first-order valence-electron chi connectivity index (χ1n) is 27.3. The van der Waals surface area contributed by atoms with Crippen LogP contribution in [0.2, 0.25) is 0 Å². The Morgan fingerprint density at radius 1 is 0.818 bits per heavy atom. The molecule has 5 N–H and O–H groups in total. The van der Waals surface area contributed by atoms with Crippen molar-refractivity contribution in [3.63, 3.8) is 0 Å². The summed E-state index contributed by atoms with van der Waals surface area (Å²) in [7, 11) is 2.89. The topological polar surface area (TPSA) is 288 Å². The van der Waals surface area contributed by atoms with E-state index in [-0.39, 0.29) is 51.2 Å². The van der Waals surface area contributed by atoms with Gasteiger partial charge in [-0.15, -0.1) is 0 Å². The van der Waals surface area contributed by atoms with Crippen molar-refractivity contribution in [3.05, 3.63) is 29.8 Å². The van der Waals surface area contributed by atoms with E-state index in [1.54, 1.807) is 52.0 Å². The number of aliphatic hydroxyl groups is 2. The highest BCUT2D eigenvalue weighted by Gasteiger charge is 2.47. The zero-order valence-electron chi connectivity index (χ0n) is 46.7. The van der Waals surface area contributed by atoms with Gasteiger partial charge in [0.25, 0.3) is 5.91 Å². The number of ketones is 1. The first-order chi connectivity index (χ1) is 36.3. The number of Topliss-reactive ketones (excluding diaryl/α,β-unsaturated/α-hetero) is 1. The molecule has 4 saturated heterocycles. The Morgan fingerprint density at radius 2 is 1.44 bits per heavy atom. The zero-order chi connectivity index (χ0) is 57.2. The molecule has 0 aliphatic carbocycles. The van der Waals surface area contributed by atoms with Crippen LogP contribution >= 0.6 is 0 Å². The predicted molar refractivity (Wildman–Crippen MR) is 279 cm³/mol. The number of nitrogens with zero attached hydrogens (tertiary/aromatic N) is 4. The van der Waals surface area contributed by atoms with Crippen molar-refractivity contribution in [2.75, 3.05) is 33.8 Å². The molecule has 0 aromatic heterocycles. The summed E-state index contributed by atoms with van der Waals surface area (Å²) in [5.41, 5.74) is 0.577. The number of likely N-dealkylation sites (N-methyl/N-ethyl adjacent to an activating group) is 1. The normalized spacial score (nSPS) is 29.6. The highest BCUT2D eigenvalue weighted by Crippen LogP contribution is 2.28. The standard InChI is InChI=1S/C55H83N7O15/c1-12-31(6)44-42(64)28-43(65)77-47(30(4)5)46(66)32(7)48(67)56-37(26-29(2)3)52(71)62-25-14-17-39(62)53(72)59(10)41(27-35-19-21-36(75-11)22-20-35)55(74)76-34(9)45(50(69)57-44)58-49(68)38-16-13-23-60(38)54(73)40-18-15-24-61(40)51(70)33(8)63/h19-22,29-34,37-42,44-45,47,63-64H,12-18,23-28H2,1-11H3,(H,56,67)(H,57,69)(H,58,68)/t31-,32-,33-,34+,37-,38+,39-,40+,41-,42-,44+,45+,47-/m0/s1. The molecule has 7 amide bonds. The molecule has 1 aromatic carbocycles. The van der Waals surface area contributed by atoms with Crippen LogP contribution in [0.5, 0.6) is 5.75 Å². The molecule has 22 nitrogen and oxygen atoms in total. The fraction of sp³-hybridized carbons (Fsp3) is 0.709. The van der Waals surface area contributed by atoms with Crippen LogP contribution in [0.25, 0.3) is 0 Å². The highest BCUT2D eigenvalue weighted by molar-refractivity contribution is 6.05. The molecule has 4 aliphatic rings. The summed E-state index contributed by atoms with van der Waals surface area (Å²) in [6.07, 6.45) is -4.33. The second-order valence-corrected chi connectivity index (χ2v) is 22.1. The number of likely N-dealkylation sites (tertiary alicyclic amines) is 2. The van der Waals surface area contributed by atoms with Gasteiger partial charge in [-0.05, 0) is 101 Å². The number of rotatable bonds is 12. The Morgan fingerprint density at radius 3 is 2.04 bits per heavy atom. The number of amides is 7. The number of ether oxygens (including phenoxy) is 3. The molecule has 428 valence electrons. The summed E-state index contributed by atoms with van der Waals surface area (Å²) >= 11 is 0. The maximum atomic E-state index is 14.9. The Kier molecular flexibility index (Phi) is 22.0. The molecule has 0 spiro atoms. The average Bonchev–Trinajstić information content (AvgIpc) is 4.21. The minimum absolute atomic E-state index is 0.121. The lowest BCUT2D eigenvalue weighted by atomic mass is 9.91. The Balaban J connectivity index is 1.59. The van der Waals surface area contributed by atoms with Gasteiger partial charge in [0.15, 0.2) is 11.9 Å². The molecule has 4 fully saturated rings. The number of aliphatic hydroxyl groups excluding tert-OH is 2. The fourth-order valence-electron chi connectivity index (χ4n) is 10.7. The number of carbonyl (C=O) groups is 10. The first-order valence-corrected chi connectivity index (χ1v) is 27.3. The van der Waals surface area contributed by atoms with Crippen LogP contribution < -0.4 is 20.7 Å². The van der Waals surface area contributed by atoms with Gasteiger partial charge >= 0.3 is 11.9 Å². The summed E-state index contributed by atoms with van der Waals surface area (Å²) in [6, 6.07) is -1.92. The number of methoxy groups -OCH3 is 1. The third kappa shape index (κ3) is 15.1. The van der Waals surface area contributed by atoms with Crippen LogP contribution in [0.15, 0.2) is 24.3 Å². The number of fused-ring (bicyclic) bond motifs is 1. The number of hydrogen-bond acceptors (Lipinski definition) is 15.